The van der Waals surface area contributed by atoms with E-state index in [2.05, 4.69) is 0 Å². The quantitative estimate of drug-likeness (QED) is 0.871. The van der Waals surface area contributed by atoms with E-state index in [4.69, 9.17) is 5.73 Å². The highest BCUT2D eigenvalue weighted by molar-refractivity contribution is 7.90. The van der Waals surface area contributed by atoms with Gasteiger partial charge in [-0.3, -0.25) is 4.79 Å². The van der Waals surface area contributed by atoms with Gasteiger partial charge in [0.2, 0.25) is 0 Å². The Hall–Kier alpha value is -1.40. The minimum Gasteiger partial charge on any atom is -0.335 e. The van der Waals surface area contributed by atoms with Crippen molar-refractivity contribution >= 4 is 15.7 Å². The topological polar surface area (TPSA) is 80.5 Å². The Kier molecular flexibility index (Phi) is 5.08. The maximum Gasteiger partial charge on any atom is 0.254 e. The van der Waals surface area contributed by atoms with Crippen LogP contribution in [-0.2, 0) is 9.84 Å². The summed E-state index contributed by atoms with van der Waals surface area (Å²) in [6, 6.07) is 6.01. The van der Waals surface area contributed by atoms with E-state index in [-0.39, 0.29) is 16.8 Å². The van der Waals surface area contributed by atoms with Crippen molar-refractivity contribution in [2.75, 3.05) is 19.3 Å². The van der Waals surface area contributed by atoms with Crippen LogP contribution in [0.1, 0.15) is 24.2 Å². The molecule has 0 aliphatic heterocycles. The molecule has 0 bridgehead atoms. The van der Waals surface area contributed by atoms with Crippen molar-refractivity contribution in [3.8, 4) is 0 Å². The number of benzene rings is 1. The minimum absolute atomic E-state index is 0.0469. The molecule has 19 heavy (non-hydrogen) atoms. The van der Waals surface area contributed by atoms with Gasteiger partial charge in [-0.1, -0.05) is 0 Å². The molecule has 0 heterocycles. The maximum absolute atomic E-state index is 12.3. The van der Waals surface area contributed by atoms with Crippen molar-refractivity contribution in [3.05, 3.63) is 29.8 Å². The lowest BCUT2D eigenvalue weighted by molar-refractivity contribution is 0.0711. The van der Waals surface area contributed by atoms with E-state index in [0.717, 1.165) is 6.26 Å². The van der Waals surface area contributed by atoms with Crippen LogP contribution < -0.4 is 5.73 Å². The summed E-state index contributed by atoms with van der Waals surface area (Å²) in [7, 11) is -3.24. The zero-order valence-corrected chi connectivity index (χ0v) is 12.3. The maximum atomic E-state index is 12.3. The summed E-state index contributed by atoms with van der Waals surface area (Å²) in [6.45, 7) is 4.70. The molecule has 0 saturated heterocycles. The van der Waals surface area contributed by atoms with Crippen LogP contribution >= 0.6 is 0 Å². The van der Waals surface area contributed by atoms with Gasteiger partial charge >= 0.3 is 0 Å². The molecule has 0 atom stereocenters. The second kappa shape index (κ2) is 6.16. The number of nitrogens with two attached hydrogens (primary N) is 1. The summed E-state index contributed by atoms with van der Waals surface area (Å²) in [4.78, 5) is 14.1. The van der Waals surface area contributed by atoms with Gasteiger partial charge in [0.05, 0.1) is 4.90 Å². The Morgan fingerprint density at radius 3 is 2.16 bits per heavy atom. The highest BCUT2D eigenvalue weighted by Gasteiger charge is 2.18. The fourth-order valence-corrected chi connectivity index (χ4v) is 2.37. The van der Waals surface area contributed by atoms with E-state index in [0.29, 0.717) is 18.7 Å². The summed E-state index contributed by atoms with van der Waals surface area (Å²) in [5, 5.41) is 0. The molecule has 6 heteroatoms. The van der Waals surface area contributed by atoms with E-state index < -0.39 is 9.84 Å². The first-order valence-corrected chi connectivity index (χ1v) is 7.97. The summed E-state index contributed by atoms with van der Waals surface area (Å²) in [5.74, 6) is -0.138. The first-order chi connectivity index (χ1) is 8.77. The second-order valence-corrected chi connectivity index (χ2v) is 6.69. The second-order valence-electron chi connectivity index (χ2n) is 4.68. The SMILES string of the molecule is CC(C)N(CCN)C(=O)c1ccc(S(C)(=O)=O)cc1. The third-order valence-electron chi connectivity index (χ3n) is 2.78. The standard InChI is InChI=1S/C13H20N2O3S/c1-10(2)15(9-8-14)13(16)11-4-6-12(7-5-11)19(3,17)18/h4-7,10H,8-9,14H2,1-3H3. The Morgan fingerprint density at radius 1 is 1.26 bits per heavy atom. The number of carbonyl (C=O) groups excluding carboxylic acids is 1. The van der Waals surface area contributed by atoms with Crippen molar-refractivity contribution < 1.29 is 13.2 Å². The number of hydrogen-bond donors (Lipinski definition) is 1. The fraction of sp³-hybridized carbons (Fsp3) is 0.462. The van der Waals surface area contributed by atoms with Gasteiger partial charge in [0.15, 0.2) is 9.84 Å². The molecule has 1 rings (SSSR count). The molecule has 106 valence electrons. The minimum atomic E-state index is -3.24. The van der Waals surface area contributed by atoms with Crippen LogP contribution in [0.4, 0.5) is 0 Å². The van der Waals surface area contributed by atoms with Crippen LogP contribution in [0.2, 0.25) is 0 Å². The van der Waals surface area contributed by atoms with Crippen LogP contribution in [0.5, 0.6) is 0 Å². The average Bonchev–Trinajstić information content (AvgIpc) is 2.34. The third kappa shape index (κ3) is 4.04. The van der Waals surface area contributed by atoms with Crippen LogP contribution in [0.15, 0.2) is 29.2 Å². The Labute approximate surface area is 114 Å². The van der Waals surface area contributed by atoms with E-state index in [1.807, 2.05) is 13.8 Å². The predicted molar refractivity (Wildman–Crippen MR) is 74.8 cm³/mol. The van der Waals surface area contributed by atoms with Gasteiger partial charge < -0.3 is 10.6 Å². The highest BCUT2D eigenvalue weighted by Crippen LogP contribution is 2.13. The van der Waals surface area contributed by atoms with E-state index in [9.17, 15) is 13.2 Å². The monoisotopic (exact) mass is 284 g/mol. The van der Waals surface area contributed by atoms with Crippen molar-refractivity contribution in [3.63, 3.8) is 0 Å². The molecule has 1 amide bonds. The molecular weight excluding hydrogens is 264 g/mol. The first kappa shape index (κ1) is 15.7. The van der Waals surface area contributed by atoms with Gasteiger partial charge in [-0.2, -0.15) is 0 Å². The lowest BCUT2D eigenvalue weighted by Gasteiger charge is -2.26. The highest BCUT2D eigenvalue weighted by atomic mass is 32.2. The summed E-state index contributed by atoms with van der Waals surface area (Å²) in [5.41, 5.74) is 5.96. The van der Waals surface area contributed by atoms with Gasteiger partial charge in [-0.15, -0.1) is 0 Å². The zero-order chi connectivity index (χ0) is 14.6. The Balaban J connectivity index is 3.00. The molecule has 1 aromatic carbocycles. The number of amides is 1. The van der Waals surface area contributed by atoms with E-state index >= 15 is 0 Å². The molecule has 0 aromatic heterocycles. The molecule has 0 spiro atoms. The van der Waals surface area contributed by atoms with Crippen molar-refractivity contribution in [1.82, 2.24) is 4.90 Å². The van der Waals surface area contributed by atoms with Gasteiger partial charge in [-0.05, 0) is 38.1 Å². The summed E-state index contributed by atoms with van der Waals surface area (Å²) >= 11 is 0. The predicted octanol–water partition coefficient (Wildman–Crippen LogP) is 0.899. The van der Waals surface area contributed by atoms with Gasteiger partial charge in [0, 0.05) is 31.0 Å². The Morgan fingerprint density at radius 2 is 1.79 bits per heavy atom. The largest absolute Gasteiger partial charge is 0.335 e. The molecule has 5 nitrogen and oxygen atoms in total. The van der Waals surface area contributed by atoms with Crippen molar-refractivity contribution in [2.24, 2.45) is 5.73 Å². The molecular formula is C13H20N2O3S. The first-order valence-electron chi connectivity index (χ1n) is 6.08. The van der Waals surface area contributed by atoms with Crippen molar-refractivity contribution in [2.45, 2.75) is 24.8 Å². The number of sulfone groups is 1. The van der Waals surface area contributed by atoms with Crippen LogP contribution in [-0.4, -0.2) is 44.6 Å². The molecule has 0 fully saturated rings. The van der Waals surface area contributed by atoms with Crippen molar-refractivity contribution in [1.29, 1.82) is 0 Å². The number of carbonyl (C=O) groups is 1. The molecule has 0 radical (unpaired) electrons. The fourth-order valence-electron chi connectivity index (χ4n) is 1.74. The molecule has 0 aliphatic carbocycles. The lowest BCUT2D eigenvalue weighted by atomic mass is 10.1. The number of nitrogens with zero attached hydrogens (tertiary/aromatic N) is 1. The van der Waals surface area contributed by atoms with Gasteiger partial charge in [-0.25, -0.2) is 8.42 Å². The average molecular weight is 284 g/mol. The van der Waals surface area contributed by atoms with Gasteiger partial charge in [0.25, 0.3) is 5.91 Å². The smallest absolute Gasteiger partial charge is 0.254 e. The summed E-state index contributed by atoms with van der Waals surface area (Å²) < 4.78 is 22.7. The van der Waals surface area contributed by atoms with Gasteiger partial charge in [0.1, 0.15) is 0 Å². The Bertz CT molecular complexity index is 536. The zero-order valence-electron chi connectivity index (χ0n) is 11.5. The number of rotatable bonds is 5. The lowest BCUT2D eigenvalue weighted by Crippen LogP contribution is -2.40. The molecule has 0 unspecified atom stereocenters. The summed E-state index contributed by atoms with van der Waals surface area (Å²) in [6.07, 6.45) is 1.14. The van der Waals surface area contributed by atoms with E-state index in [1.54, 1.807) is 4.90 Å². The third-order valence-corrected chi connectivity index (χ3v) is 3.91. The van der Waals surface area contributed by atoms with Crippen LogP contribution in [0, 0.1) is 0 Å². The molecule has 2 N–H and O–H groups in total. The number of hydrogen-bond acceptors (Lipinski definition) is 4. The molecule has 0 saturated carbocycles. The normalized spacial score (nSPS) is 11.6. The molecule has 0 aliphatic rings. The van der Waals surface area contributed by atoms with Crippen LogP contribution in [0.25, 0.3) is 0 Å². The van der Waals surface area contributed by atoms with E-state index in [1.165, 1.54) is 24.3 Å². The van der Waals surface area contributed by atoms with Crippen LogP contribution in [0.3, 0.4) is 0 Å². The molecule has 1 aromatic rings.